The van der Waals surface area contributed by atoms with Crippen molar-refractivity contribution in [3.63, 3.8) is 0 Å². The molecular weight excluding hydrogens is 250 g/mol. The number of hydrogen-bond acceptors (Lipinski definition) is 3. The van der Waals surface area contributed by atoms with Crippen molar-refractivity contribution >= 4 is 0 Å². The minimum Gasteiger partial charge on any atom is -0.394 e. The number of aliphatic hydroxyl groups excluding tert-OH is 1. The zero-order valence-corrected chi connectivity index (χ0v) is 13.7. The lowest BCUT2D eigenvalue weighted by Crippen LogP contribution is -2.48. The van der Waals surface area contributed by atoms with Gasteiger partial charge in [-0.3, -0.25) is 0 Å². The average molecular weight is 283 g/mol. The maximum atomic E-state index is 9.61. The van der Waals surface area contributed by atoms with Crippen molar-refractivity contribution in [3.05, 3.63) is 0 Å². The Hall–Kier alpha value is -0.120. The van der Waals surface area contributed by atoms with Crippen LogP contribution in [0.25, 0.3) is 0 Å². The van der Waals surface area contributed by atoms with Gasteiger partial charge in [0.25, 0.3) is 0 Å². The van der Waals surface area contributed by atoms with Crippen LogP contribution in [-0.4, -0.2) is 36.0 Å². The molecule has 0 heterocycles. The third-order valence-corrected chi connectivity index (χ3v) is 4.83. The predicted molar refractivity (Wildman–Crippen MR) is 82.8 cm³/mol. The van der Waals surface area contributed by atoms with Crippen molar-refractivity contribution in [2.24, 2.45) is 11.3 Å². The highest BCUT2D eigenvalue weighted by Gasteiger charge is 2.34. The van der Waals surface area contributed by atoms with Gasteiger partial charge in [0, 0.05) is 18.2 Å². The monoisotopic (exact) mass is 283 g/mol. The van der Waals surface area contributed by atoms with Crippen molar-refractivity contribution in [2.45, 2.75) is 83.9 Å². The highest BCUT2D eigenvalue weighted by Crippen LogP contribution is 2.39. The highest BCUT2D eigenvalue weighted by atomic mass is 16.5. The molecule has 3 unspecified atom stereocenters. The van der Waals surface area contributed by atoms with Crippen LogP contribution in [0.3, 0.4) is 0 Å². The first kappa shape index (κ1) is 16.3. The molecule has 2 aliphatic carbocycles. The molecule has 0 aromatic rings. The summed E-state index contributed by atoms with van der Waals surface area (Å²) in [6.45, 7) is 10.1. The molecule has 2 saturated carbocycles. The van der Waals surface area contributed by atoms with Gasteiger partial charge in [-0.1, -0.05) is 20.8 Å². The normalized spacial score (nSPS) is 32.9. The van der Waals surface area contributed by atoms with Crippen LogP contribution < -0.4 is 5.32 Å². The quantitative estimate of drug-likeness (QED) is 0.754. The maximum Gasteiger partial charge on any atom is 0.0611 e. The second kappa shape index (κ2) is 6.33. The summed E-state index contributed by atoms with van der Waals surface area (Å²) in [6, 6.07) is 0.626. The predicted octanol–water partition coefficient (Wildman–Crippen LogP) is 3.11. The molecule has 0 aliphatic heterocycles. The van der Waals surface area contributed by atoms with Gasteiger partial charge < -0.3 is 15.2 Å². The first-order valence-electron chi connectivity index (χ1n) is 8.32. The number of ether oxygens (including phenoxy) is 1. The van der Waals surface area contributed by atoms with Gasteiger partial charge in [-0.15, -0.1) is 0 Å². The number of rotatable bonds is 7. The van der Waals surface area contributed by atoms with E-state index >= 15 is 0 Å². The third kappa shape index (κ3) is 5.01. The molecule has 0 bridgehead atoms. The Morgan fingerprint density at radius 2 is 2.00 bits per heavy atom. The number of hydrogen-bond donors (Lipinski definition) is 2. The molecule has 3 nitrogen and oxygen atoms in total. The van der Waals surface area contributed by atoms with Crippen LogP contribution in [0, 0.1) is 11.3 Å². The maximum absolute atomic E-state index is 9.61. The standard InChI is InChI=1S/C17H33NO2/c1-13-9-15(11-16(2,3)10-13)20-8-7-17(4,12-19)18-14-5-6-14/h13-15,18-19H,5-12H2,1-4H3. The molecule has 20 heavy (non-hydrogen) atoms. The van der Waals surface area contributed by atoms with Crippen molar-refractivity contribution in [3.8, 4) is 0 Å². The molecule has 0 radical (unpaired) electrons. The molecule has 3 atom stereocenters. The van der Waals surface area contributed by atoms with Crippen LogP contribution >= 0.6 is 0 Å². The summed E-state index contributed by atoms with van der Waals surface area (Å²) < 4.78 is 6.14. The molecule has 2 fully saturated rings. The summed E-state index contributed by atoms with van der Waals surface area (Å²) >= 11 is 0. The van der Waals surface area contributed by atoms with E-state index in [1.54, 1.807) is 0 Å². The molecule has 2 aliphatic rings. The molecule has 3 heteroatoms. The molecule has 2 N–H and O–H groups in total. The van der Waals surface area contributed by atoms with Gasteiger partial charge in [-0.25, -0.2) is 0 Å². The summed E-state index contributed by atoms with van der Waals surface area (Å²) in [5.74, 6) is 0.762. The molecule has 0 amide bonds. The summed E-state index contributed by atoms with van der Waals surface area (Å²) in [7, 11) is 0. The van der Waals surface area contributed by atoms with Gasteiger partial charge in [0.05, 0.1) is 12.7 Å². The van der Waals surface area contributed by atoms with Crippen LogP contribution in [-0.2, 0) is 4.74 Å². The zero-order valence-electron chi connectivity index (χ0n) is 13.7. The molecule has 0 spiro atoms. The number of aliphatic hydroxyl groups is 1. The van der Waals surface area contributed by atoms with Gasteiger partial charge in [-0.2, -0.15) is 0 Å². The smallest absolute Gasteiger partial charge is 0.0611 e. The number of nitrogens with one attached hydrogen (secondary N) is 1. The van der Waals surface area contributed by atoms with Crippen molar-refractivity contribution in [2.75, 3.05) is 13.2 Å². The van der Waals surface area contributed by atoms with E-state index in [-0.39, 0.29) is 12.1 Å². The van der Waals surface area contributed by atoms with Crippen LogP contribution in [0.15, 0.2) is 0 Å². The molecular formula is C17H33NO2. The van der Waals surface area contributed by atoms with E-state index in [1.165, 1.54) is 32.1 Å². The molecule has 118 valence electrons. The van der Waals surface area contributed by atoms with Crippen LogP contribution in [0.2, 0.25) is 0 Å². The lowest BCUT2D eigenvalue weighted by molar-refractivity contribution is -0.0320. The highest BCUT2D eigenvalue weighted by molar-refractivity contribution is 4.92. The zero-order chi connectivity index (χ0) is 14.8. The summed E-state index contributed by atoms with van der Waals surface area (Å²) in [5, 5.41) is 13.2. The Morgan fingerprint density at radius 3 is 2.55 bits per heavy atom. The van der Waals surface area contributed by atoms with E-state index in [0.717, 1.165) is 18.9 Å². The third-order valence-electron chi connectivity index (χ3n) is 4.83. The van der Waals surface area contributed by atoms with Crippen LogP contribution in [0.5, 0.6) is 0 Å². The van der Waals surface area contributed by atoms with Crippen molar-refractivity contribution in [1.82, 2.24) is 5.32 Å². The second-order valence-electron chi connectivity index (χ2n) is 8.29. The molecule has 0 aromatic carbocycles. The van der Waals surface area contributed by atoms with Crippen molar-refractivity contribution in [1.29, 1.82) is 0 Å². The van der Waals surface area contributed by atoms with Crippen LogP contribution in [0.4, 0.5) is 0 Å². The largest absolute Gasteiger partial charge is 0.394 e. The van der Waals surface area contributed by atoms with E-state index in [1.807, 2.05) is 0 Å². The Morgan fingerprint density at radius 1 is 1.30 bits per heavy atom. The Kier molecular flexibility index (Phi) is 5.14. The first-order chi connectivity index (χ1) is 9.32. The van der Waals surface area contributed by atoms with Gasteiger partial charge in [-0.05, 0) is 56.8 Å². The Labute approximate surface area is 124 Å². The SMILES string of the molecule is CC1CC(OCCC(C)(CO)NC2CC2)CC(C)(C)C1. The van der Waals surface area contributed by atoms with Crippen LogP contribution in [0.1, 0.15) is 66.2 Å². The Balaban J connectivity index is 1.73. The van der Waals surface area contributed by atoms with Gasteiger partial charge in [0.2, 0.25) is 0 Å². The minimum absolute atomic E-state index is 0.170. The average Bonchev–Trinajstić information content (AvgIpc) is 3.10. The molecule has 0 aromatic heterocycles. The minimum atomic E-state index is -0.170. The summed E-state index contributed by atoms with van der Waals surface area (Å²) in [5.41, 5.74) is 0.242. The fraction of sp³-hybridized carbons (Fsp3) is 1.00. The van der Waals surface area contributed by atoms with E-state index in [0.29, 0.717) is 17.6 Å². The first-order valence-corrected chi connectivity index (χ1v) is 8.32. The van der Waals surface area contributed by atoms with Crippen molar-refractivity contribution < 1.29 is 9.84 Å². The lowest BCUT2D eigenvalue weighted by atomic mass is 9.71. The fourth-order valence-corrected chi connectivity index (χ4v) is 3.75. The fourth-order valence-electron chi connectivity index (χ4n) is 3.75. The summed E-state index contributed by atoms with van der Waals surface area (Å²) in [6.07, 6.45) is 7.47. The topological polar surface area (TPSA) is 41.5 Å². The van der Waals surface area contributed by atoms with E-state index in [9.17, 15) is 5.11 Å². The lowest BCUT2D eigenvalue weighted by Gasteiger charge is -2.39. The molecule has 0 saturated heterocycles. The van der Waals surface area contributed by atoms with Gasteiger partial charge in [0.15, 0.2) is 0 Å². The van der Waals surface area contributed by atoms with Gasteiger partial charge in [0.1, 0.15) is 0 Å². The van der Waals surface area contributed by atoms with E-state index < -0.39 is 0 Å². The van der Waals surface area contributed by atoms with E-state index in [4.69, 9.17) is 4.74 Å². The second-order valence-corrected chi connectivity index (χ2v) is 8.29. The Bertz CT molecular complexity index is 314. The molecule has 2 rings (SSSR count). The van der Waals surface area contributed by atoms with E-state index in [2.05, 4.69) is 33.0 Å². The summed E-state index contributed by atoms with van der Waals surface area (Å²) in [4.78, 5) is 0. The van der Waals surface area contributed by atoms with Gasteiger partial charge >= 0.3 is 0 Å².